The van der Waals surface area contributed by atoms with E-state index < -0.39 is 6.10 Å². The van der Waals surface area contributed by atoms with Crippen LogP contribution in [0.1, 0.15) is 18.1 Å². The van der Waals surface area contributed by atoms with Crippen LogP contribution in [0.3, 0.4) is 0 Å². The summed E-state index contributed by atoms with van der Waals surface area (Å²) in [5.74, 6) is 1.35. The summed E-state index contributed by atoms with van der Waals surface area (Å²) in [7, 11) is 0. The molecule has 1 atom stereocenters. The number of aromatic nitrogens is 2. The van der Waals surface area contributed by atoms with Gasteiger partial charge < -0.3 is 19.7 Å². The number of carbonyl (C=O) groups excluding carboxylic acids is 1. The summed E-state index contributed by atoms with van der Waals surface area (Å²) < 4.78 is 11.3. The Hall–Kier alpha value is -3.45. The van der Waals surface area contributed by atoms with Crippen molar-refractivity contribution in [2.45, 2.75) is 26.9 Å². The fourth-order valence-corrected chi connectivity index (χ4v) is 3.54. The molecule has 166 valence electrons. The lowest BCUT2D eigenvalue weighted by Gasteiger charge is -2.27. The molecule has 1 amide bonds. The number of hydrogen-bond acceptors (Lipinski definition) is 6. The second-order valence-corrected chi connectivity index (χ2v) is 7.90. The van der Waals surface area contributed by atoms with Gasteiger partial charge in [-0.05, 0) is 62.2 Å². The minimum Gasteiger partial charge on any atom is -0.481 e. The predicted molar refractivity (Wildman–Crippen MR) is 125 cm³/mol. The summed E-state index contributed by atoms with van der Waals surface area (Å²) in [5, 5.41) is 11.7. The highest BCUT2D eigenvalue weighted by atomic mass is 16.5. The summed E-state index contributed by atoms with van der Waals surface area (Å²) in [6.07, 6.45) is -0.633. The Morgan fingerprint density at radius 1 is 1.06 bits per heavy atom. The molecule has 1 aliphatic rings. The monoisotopic (exact) mass is 432 g/mol. The van der Waals surface area contributed by atoms with Crippen molar-refractivity contribution in [1.29, 1.82) is 0 Å². The highest BCUT2D eigenvalue weighted by molar-refractivity contribution is 5.94. The third-order valence-corrected chi connectivity index (χ3v) is 5.64. The molecule has 0 aliphatic carbocycles. The summed E-state index contributed by atoms with van der Waals surface area (Å²) in [6, 6.07) is 17.3. The number of morpholine rings is 1. The normalized spacial score (nSPS) is 14.7. The van der Waals surface area contributed by atoms with Gasteiger partial charge in [-0.25, -0.2) is 0 Å². The molecule has 32 heavy (non-hydrogen) atoms. The summed E-state index contributed by atoms with van der Waals surface area (Å²) in [5.41, 5.74) is 4.48. The van der Waals surface area contributed by atoms with Crippen LogP contribution in [0.15, 0.2) is 54.6 Å². The number of rotatable bonds is 6. The Balaban J connectivity index is 1.42. The molecule has 7 nitrogen and oxygen atoms in total. The molecular weight excluding hydrogens is 404 g/mol. The number of nitrogens with one attached hydrogen (secondary N) is 1. The van der Waals surface area contributed by atoms with Crippen LogP contribution in [0.5, 0.6) is 5.75 Å². The minimum absolute atomic E-state index is 0.211. The predicted octanol–water partition coefficient (Wildman–Crippen LogP) is 4.00. The van der Waals surface area contributed by atoms with Gasteiger partial charge in [0, 0.05) is 24.3 Å². The van der Waals surface area contributed by atoms with Gasteiger partial charge in [-0.1, -0.05) is 24.3 Å². The summed E-state index contributed by atoms with van der Waals surface area (Å²) in [6.45, 7) is 8.80. The van der Waals surface area contributed by atoms with E-state index in [0.717, 1.165) is 47.0 Å². The van der Waals surface area contributed by atoms with Gasteiger partial charge in [0.15, 0.2) is 11.9 Å². The van der Waals surface area contributed by atoms with Crippen molar-refractivity contribution in [3.05, 3.63) is 65.7 Å². The van der Waals surface area contributed by atoms with Crippen LogP contribution in [0.25, 0.3) is 11.3 Å². The summed E-state index contributed by atoms with van der Waals surface area (Å²) in [4.78, 5) is 14.9. The first-order chi connectivity index (χ1) is 15.5. The van der Waals surface area contributed by atoms with E-state index in [1.54, 1.807) is 6.92 Å². The van der Waals surface area contributed by atoms with E-state index in [9.17, 15) is 4.79 Å². The number of ether oxygens (including phenoxy) is 2. The Morgan fingerprint density at radius 2 is 1.84 bits per heavy atom. The first-order valence-corrected chi connectivity index (χ1v) is 10.8. The lowest BCUT2D eigenvalue weighted by atomic mass is 10.1. The molecule has 1 unspecified atom stereocenters. The molecule has 2 aromatic carbocycles. The first-order valence-electron chi connectivity index (χ1n) is 10.8. The van der Waals surface area contributed by atoms with E-state index in [1.807, 2.05) is 68.4 Å². The maximum atomic E-state index is 12.7. The zero-order chi connectivity index (χ0) is 22.5. The second kappa shape index (κ2) is 9.78. The number of anilines is 2. The van der Waals surface area contributed by atoms with Crippen LogP contribution >= 0.6 is 0 Å². The van der Waals surface area contributed by atoms with E-state index in [4.69, 9.17) is 9.47 Å². The molecule has 3 aromatic rings. The average molecular weight is 433 g/mol. The Kier molecular flexibility index (Phi) is 6.66. The molecule has 1 aliphatic heterocycles. The van der Waals surface area contributed by atoms with Crippen LogP contribution in [-0.2, 0) is 9.53 Å². The standard InChI is InChI=1S/C25H28N4O3/c1-17-6-4-9-23(18(17)2)32-19(3)25(30)26-21-8-5-7-20(16-21)22-10-11-24(28-27-22)29-12-14-31-15-13-29/h4-11,16,19H,12-15H2,1-3H3,(H,26,30). The number of aryl methyl sites for hydroxylation is 1. The van der Waals surface area contributed by atoms with Crippen molar-refractivity contribution in [2.24, 2.45) is 0 Å². The second-order valence-electron chi connectivity index (χ2n) is 7.90. The first kappa shape index (κ1) is 21.8. The zero-order valence-electron chi connectivity index (χ0n) is 18.7. The van der Waals surface area contributed by atoms with E-state index in [0.29, 0.717) is 18.9 Å². The zero-order valence-corrected chi connectivity index (χ0v) is 18.7. The number of nitrogens with zero attached hydrogens (tertiary/aromatic N) is 3. The third kappa shape index (κ3) is 5.06. The largest absolute Gasteiger partial charge is 0.481 e. The molecule has 1 saturated heterocycles. The van der Waals surface area contributed by atoms with Crippen LogP contribution in [0.4, 0.5) is 11.5 Å². The quantitative estimate of drug-likeness (QED) is 0.634. The molecule has 0 spiro atoms. The molecule has 1 fully saturated rings. The molecule has 0 saturated carbocycles. The van der Waals surface area contributed by atoms with Crippen molar-refractivity contribution in [2.75, 3.05) is 36.5 Å². The minimum atomic E-state index is -0.633. The Bertz CT molecular complexity index is 1080. The molecule has 4 rings (SSSR count). The van der Waals surface area contributed by atoms with Crippen molar-refractivity contribution in [3.8, 4) is 17.0 Å². The summed E-state index contributed by atoms with van der Waals surface area (Å²) >= 11 is 0. The molecule has 7 heteroatoms. The number of hydrogen-bond donors (Lipinski definition) is 1. The van der Waals surface area contributed by atoms with Crippen LogP contribution in [-0.4, -0.2) is 48.5 Å². The van der Waals surface area contributed by atoms with E-state index in [2.05, 4.69) is 20.4 Å². The van der Waals surface area contributed by atoms with Gasteiger partial charge in [-0.2, -0.15) is 0 Å². The SMILES string of the molecule is Cc1cccc(OC(C)C(=O)Nc2cccc(-c3ccc(N4CCOCC4)nn3)c2)c1C. The lowest BCUT2D eigenvalue weighted by molar-refractivity contribution is -0.122. The fraction of sp³-hybridized carbons (Fsp3) is 0.320. The molecule has 1 aromatic heterocycles. The van der Waals surface area contributed by atoms with Gasteiger partial charge in [0.1, 0.15) is 5.75 Å². The molecule has 0 bridgehead atoms. The highest BCUT2D eigenvalue weighted by Gasteiger charge is 2.17. The van der Waals surface area contributed by atoms with Gasteiger partial charge in [0.2, 0.25) is 0 Å². The van der Waals surface area contributed by atoms with E-state index >= 15 is 0 Å². The van der Waals surface area contributed by atoms with E-state index in [-0.39, 0.29) is 5.91 Å². The van der Waals surface area contributed by atoms with Gasteiger partial charge in [0.05, 0.1) is 18.9 Å². The molecule has 0 radical (unpaired) electrons. The van der Waals surface area contributed by atoms with Crippen molar-refractivity contribution < 1.29 is 14.3 Å². The number of amides is 1. The third-order valence-electron chi connectivity index (χ3n) is 5.64. The van der Waals surface area contributed by atoms with Crippen molar-refractivity contribution >= 4 is 17.4 Å². The fourth-order valence-electron chi connectivity index (χ4n) is 3.54. The Morgan fingerprint density at radius 3 is 2.59 bits per heavy atom. The van der Waals surface area contributed by atoms with Crippen LogP contribution in [0.2, 0.25) is 0 Å². The average Bonchev–Trinajstić information content (AvgIpc) is 2.83. The maximum Gasteiger partial charge on any atom is 0.265 e. The topological polar surface area (TPSA) is 76.6 Å². The van der Waals surface area contributed by atoms with E-state index in [1.165, 1.54) is 0 Å². The highest BCUT2D eigenvalue weighted by Crippen LogP contribution is 2.24. The van der Waals surface area contributed by atoms with Crippen molar-refractivity contribution in [1.82, 2.24) is 10.2 Å². The van der Waals surface area contributed by atoms with Gasteiger partial charge in [0.25, 0.3) is 5.91 Å². The van der Waals surface area contributed by atoms with Gasteiger partial charge >= 0.3 is 0 Å². The maximum absolute atomic E-state index is 12.7. The van der Waals surface area contributed by atoms with Crippen LogP contribution < -0.4 is 15.0 Å². The lowest BCUT2D eigenvalue weighted by Crippen LogP contribution is -2.36. The molecule has 2 heterocycles. The number of benzene rings is 2. The van der Waals surface area contributed by atoms with Crippen LogP contribution in [0, 0.1) is 13.8 Å². The van der Waals surface area contributed by atoms with Gasteiger partial charge in [-0.3, -0.25) is 4.79 Å². The smallest absolute Gasteiger partial charge is 0.265 e. The Labute approximate surface area is 188 Å². The molecular formula is C25H28N4O3. The molecule has 1 N–H and O–H groups in total. The van der Waals surface area contributed by atoms with Gasteiger partial charge in [-0.15, -0.1) is 10.2 Å². The van der Waals surface area contributed by atoms with Crippen molar-refractivity contribution in [3.63, 3.8) is 0 Å². The number of carbonyl (C=O) groups is 1.